The van der Waals surface area contributed by atoms with E-state index in [0.717, 1.165) is 4.90 Å². The molecule has 14 heavy (non-hydrogen) atoms. The molecule has 7 heteroatoms. The summed E-state index contributed by atoms with van der Waals surface area (Å²) in [7, 11) is -0.947. The van der Waals surface area contributed by atoms with E-state index in [4.69, 9.17) is 5.11 Å². The Morgan fingerprint density at radius 3 is 1.93 bits per heavy atom. The van der Waals surface area contributed by atoms with Gasteiger partial charge < -0.3 is 0 Å². The van der Waals surface area contributed by atoms with Crippen molar-refractivity contribution in [3.63, 3.8) is 0 Å². The molecule has 1 atom stereocenters. The van der Waals surface area contributed by atoms with Crippen molar-refractivity contribution < 1.29 is 19.0 Å². The summed E-state index contributed by atoms with van der Waals surface area (Å²) in [5.41, 5.74) is 0. The number of carbonyl (C=O) groups is 1. The zero-order valence-corrected chi connectivity index (χ0v) is 9.46. The number of aliphatic carboxylic acids is 1. The van der Waals surface area contributed by atoms with E-state index in [2.05, 4.69) is 11.5 Å². The van der Waals surface area contributed by atoms with Crippen molar-refractivity contribution in [1.29, 1.82) is 0 Å². The van der Waals surface area contributed by atoms with Crippen molar-refractivity contribution in [2.24, 2.45) is 5.92 Å². The number of hydrogen-bond donors (Lipinski definition) is 1. The first-order valence-electron chi connectivity index (χ1n) is 3.72. The van der Waals surface area contributed by atoms with Crippen molar-refractivity contribution in [2.75, 3.05) is 0 Å². The average molecular weight is 233 g/mol. The van der Waals surface area contributed by atoms with Gasteiger partial charge in [-0.1, -0.05) is 0 Å². The standard InChI is InChI=1S/C7H9NO4P2/c1-5(2)6(7(9)10)8(3-13-11)4-14-12/h5-6H,1-2H3,(H,9,10)/t6-/m0/s1. The van der Waals surface area contributed by atoms with E-state index in [-0.39, 0.29) is 5.92 Å². The molecule has 0 fully saturated rings. The van der Waals surface area contributed by atoms with Gasteiger partial charge in [0.05, 0.1) is 0 Å². The molecule has 0 aromatic rings. The van der Waals surface area contributed by atoms with Gasteiger partial charge in [0.1, 0.15) is 0 Å². The Balaban J connectivity index is 5.15. The summed E-state index contributed by atoms with van der Waals surface area (Å²) in [6, 6.07) is -0.960. The first kappa shape index (κ1) is 13.4. The molecule has 0 aliphatic carbocycles. The van der Waals surface area contributed by atoms with Crippen LogP contribution in [0.3, 0.4) is 0 Å². The second-order valence-corrected chi connectivity index (χ2v) is 3.54. The Bertz CT molecular complexity index is 379. The summed E-state index contributed by atoms with van der Waals surface area (Å²) in [6.45, 7) is 3.36. The van der Waals surface area contributed by atoms with Gasteiger partial charge in [-0.3, -0.25) is 0 Å². The Kier molecular flexibility index (Phi) is 6.57. The molecule has 0 aliphatic rings. The van der Waals surface area contributed by atoms with Crippen molar-refractivity contribution in [3.05, 3.63) is 0 Å². The van der Waals surface area contributed by atoms with Crippen LogP contribution in [-0.4, -0.2) is 22.0 Å². The van der Waals surface area contributed by atoms with E-state index < -0.39 is 27.8 Å². The second-order valence-electron chi connectivity index (χ2n) is 2.78. The third-order valence-electron chi connectivity index (χ3n) is 1.46. The van der Waals surface area contributed by atoms with Crippen LogP contribution in [0.4, 0.5) is 0 Å². The van der Waals surface area contributed by atoms with Gasteiger partial charge in [0.15, 0.2) is 0 Å². The molecular formula is C7H9NO4P2. The second kappa shape index (κ2) is 6.84. The zero-order chi connectivity index (χ0) is 11.1. The fourth-order valence-electron chi connectivity index (χ4n) is 0.928. The van der Waals surface area contributed by atoms with Crippen LogP contribution in [0.15, 0.2) is 0 Å². The normalized spacial score (nSPS) is 11.7. The molecule has 1 N–H and O–H groups in total. The van der Waals surface area contributed by atoms with Crippen molar-refractivity contribution >= 4 is 21.8 Å². The van der Waals surface area contributed by atoms with Gasteiger partial charge in [-0.25, -0.2) is 0 Å². The van der Waals surface area contributed by atoms with Crippen LogP contribution in [0.25, 0.3) is 0 Å². The third kappa shape index (κ3) is 4.11. The van der Waals surface area contributed by atoms with Gasteiger partial charge in [0, 0.05) is 0 Å². The SMILES string of the molecule is CC(C)[C@@H](C(=O)O)N(C#P=O)C#P=O. The van der Waals surface area contributed by atoms with Gasteiger partial charge in [0.25, 0.3) is 0 Å². The first-order valence-corrected chi connectivity index (χ1v) is 5.35. The van der Waals surface area contributed by atoms with E-state index in [1.165, 1.54) is 0 Å². The van der Waals surface area contributed by atoms with Crippen LogP contribution in [0.1, 0.15) is 13.8 Å². The maximum atomic E-state index is 10.8. The summed E-state index contributed by atoms with van der Waals surface area (Å²) in [5.74, 6) is 3.05. The quantitative estimate of drug-likeness (QED) is 0.594. The Labute approximate surface area is 83.7 Å². The van der Waals surface area contributed by atoms with E-state index in [9.17, 15) is 13.9 Å². The van der Waals surface area contributed by atoms with E-state index in [0.29, 0.717) is 0 Å². The maximum absolute atomic E-state index is 10.8. The first-order chi connectivity index (χ1) is 6.54. The monoisotopic (exact) mass is 233 g/mol. The molecule has 0 rings (SSSR count). The molecule has 0 spiro atoms. The van der Waals surface area contributed by atoms with Gasteiger partial charge in [-0.2, -0.15) is 0 Å². The molecule has 0 bridgehead atoms. The predicted octanol–water partition coefficient (Wildman–Crippen LogP) is 1.81. The molecular weight excluding hydrogens is 224 g/mol. The fourth-order valence-corrected chi connectivity index (χ4v) is 1.53. The summed E-state index contributed by atoms with van der Waals surface area (Å²) in [5, 5.41) is 8.84. The molecule has 0 saturated heterocycles. The molecule has 5 nitrogen and oxygen atoms in total. The Morgan fingerprint density at radius 2 is 1.71 bits per heavy atom. The van der Waals surface area contributed by atoms with Crippen LogP contribution in [0.5, 0.6) is 0 Å². The number of carboxylic acids is 1. The van der Waals surface area contributed by atoms with Crippen LogP contribution < -0.4 is 0 Å². The van der Waals surface area contributed by atoms with Crippen LogP contribution in [0.2, 0.25) is 0 Å². The molecule has 0 aromatic heterocycles. The molecule has 0 unspecified atom stereocenters. The number of carboxylic acid groups (broad SMARTS) is 1. The minimum atomic E-state index is -1.10. The predicted molar refractivity (Wildman–Crippen MR) is 51.1 cm³/mol. The zero-order valence-electron chi connectivity index (χ0n) is 7.67. The third-order valence-corrected chi connectivity index (χ3v) is 2.05. The van der Waals surface area contributed by atoms with Crippen molar-refractivity contribution in [1.82, 2.24) is 4.90 Å². The molecule has 0 heterocycles. The van der Waals surface area contributed by atoms with Gasteiger partial charge in [-0.05, 0) is 0 Å². The summed E-state index contributed by atoms with van der Waals surface area (Å²) >= 11 is 0. The number of rotatable bonds is 3. The molecule has 0 aromatic carbocycles. The Morgan fingerprint density at radius 1 is 1.29 bits per heavy atom. The topological polar surface area (TPSA) is 74.7 Å². The van der Waals surface area contributed by atoms with Crippen molar-refractivity contribution in [3.8, 4) is 11.5 Å². The number of hydrogen-bond acceptors (Lipinski definition) is 4. The van der Waals surface area contributed by atoms with Crippen molar-refractivity contribution in [2.45, 2.75) is 19.9 Å². The summed E-state index contributed by atoms with van der Waals surface area (Å²) < 4.78 is 20.5. The Hall–Kier alpha value is -0.550. The van der Waals surface area contributed by atoms with Gasteiger partial charge in [0.2, 0.25) is 0 Å². The van der Waals surface area contributed by atoms with E-state index >= 15 is 0 Å². The van der Waals surface area contributed by atoms with Crippen LogP contribution >= 0.6 is 15.8 Å². The van der Waals surface area contributed by atoms with Gasteiger partial charge in [-0.15, -0.1) is 0 Å². The minimum absolute atomic E-state index is 0.240. The molecule has 0 radical (unpaired) electrons. The summed E-state index contributed by atoms with van der Waals surface area (Å²) in [6.07, 6.45) is 0. The molecule has 0 aliphatic heterocycles. The fraction of sp³-hybridized carbons (Fsp3) is 0.571. The van der Waals surface area contributed by atoms with Crippen LogP contribution in [0, 0.1) is 17.4 Å². The molecule has 0 saturated carbocycles. The van der Waals surface area contributed by atoms with E-state index in [1.807, 2.05) is 0 Å². The molecule has 0 amide bonds. The van der Waals surface area contributed by atoms with Crippen LogP contribution in [-0.2, 0) is 13.9 Å². The van der Waals surface area contributed by atoms with Gasteiger partial charge >= 0.3 is 83.0 Å². The number of nitrogens with zero attached hydrogens (tertiary/aromatic N) is 1. The van der Waals surface area contributed by atoms with E-state index in [1.54, 1.807) is 13.8 Å². The average Bonchev–Trinajstić information content (AvgIpc) is 2.03. The summed E-state index contributed by atoms with van der Waals surface area (Å²) in [4.78, 5) is 11.7. The molecule has 76 valence electrons.